The minimum atomic E-state index is -0.0934. The van der Waals surface area contributed by atoms with E-state index in [0.717, 1.165) is 50.0 Å². The summed E-state index contributed by atoms with van der Waals surface area (Å²) in [4.78, 5) is 35.8. The minimum absolute atomic E-state index is 0.0143. The topological polar surface area (TPSA) is 85.9 Å². The van der Waals surface area contributed by atoms with Gasteiger partial charge in [-0.25, -0.2) is 9.67 Å². The number of anilines is 1. The molecule has 8 heteroatoms. The Hall–Kier alpha value is -3.03. The van der Waals surface area contributed by atoms with Crippen LogP contribution in [0.5, 0.6) is 0 Å². The Morgan fingerprint density at radius 1 is 1.18 bits per heavy atom. The standard InChI is InChI=1S/C20H22N6O2/c1-24-19(28)15-6-4-8-21-18(15)22-20(24)25-10-13(11-25)12-26-17(27)9-14-5-2-3-7-16(14)23-26/h4,6,8-9,13H,2-3,5,7,10-12H2,1H3. The van der Waals surface area contributed by atoms with E-state index in [1.807, 2.05) is 0 Å². The minimum Gasteiger partial charge on any atom is -0.341 e. The van der Waals surface area contributed by atoms with Crippen molar-refractivity contribution in [2.24, 2.45) is 13.0 Å². The summed E-state index contributed by atoms with van der Waals surface area (Å²) in [5.74, 6) is 0.932. The number of aryl methyl sites for hydroxylation is 2. The van der Waals surface area contributed by atoms with Crippen LogP contribution in [-0.2, 0) is 26.4 Å². The summed E-state index contributed by atoms with van der Waals surface area (Å²) in [6.45, 7) is 2.08. The summed E-state index contributed by atoms with van der Waals surface area (Å²) in [6.07, 6.45) is 5.85. The van der Waals surface area contributed by atoms with Gasteiger partial charge in [0.25, 0.3) is 11.1 Å². The molecule has 0 bridgehead atoms. The molecule has 0 amide bonds. The summed E-state index contributed by atoms with van der Waals surface area (Å²) in [6, 6.07) is 5.25. The SMILES string of the molecule is Cn1c(N2CC(Cn3nc4c(cc3=O)CCCC4)C2)nc2ncccc2c1=O. The van der Waals surface area contributed by atoms with Crippen LogP contribution in [0.15, 0.2) is 34.0 Å². The zero-order valence-corrected chi connectivity index (χ0v) is 15.8. The first kappa shape index (κ1) is 17.1. The Balaban J connectivity index is 1.35. The van der Waals surface area contributed by atoms with E-state index >= 15 is 0 Å². The maximum absolute atomic E-state index is 12.5. The van der Waals surface area contributed by atoms with Crippen molar-refractivity contribution in [3.8, 4) is 0 Å². The Morgan fingerprint density at radius 2 is 2.00 bits per heavy atom. The molecule has 0 atom stereocenters. The number of hydrogen-bond acceptors (Lipinski definition) is 6. The lowest BCUT2D eigenvalue weighted by Crippen LogP contribution is -2.51. The lowest BCUT2D eigenvalue weighted by Gasteiger charge is -2.40. The zero-order chi connectivity index (χ0) is 19.3. The average molecular weight is 378 g/mol. The van der Waals surface area contributed by atoms with Gasteiger partial charge in [-0.3, -0.25) is 14.2 Å². The van der Waals surface area contributed by atoms with E-state index < -0.39 is 0 Å². The number of pyridine rings is 1. The number of nitrogens with zero attached hydrogens (tertiary/aromatic N) is 6. The van der Waals surface area contributed by atoms with Crippen molar-refractivity contribution in [3.63, 3.8) is 0 Å². The van der Waals surface area contributed by atoms with Gasteiger partial charge in [-0.05, 0) is 43.4 Å². The van der Waals surface area contributed by atoms with Gasteiger partial charge in [0.15, 0.2) is 5.65 Å². The molecule has 28 heavy (non-hydrogen) atoms. The predicted octanol–water partition coefficient (Wildman–Crippen LogP) is 0.900. The van der Waals surface area contributed by atoms with E-state index in [2.05, 4.69) is 20.0 Å². The molecule has 1 fully saturated rings. The molecule has 2 aliphatic rings. The maximum atomic E-state index is 12.5. The number of hydrogen-bond donors (Lipinski definition) is 0. The first-order valence-corrected chi connectivity index (χ1v) is 9.77. The van der Waals surface area contributed by atoms with Gasteiger partial charge in [0.05, 0.1) is 17.6 Å². The highest BCUT2D eigenvalue weighted by Crippen LogP contribution is 2.24. The molecule has 1 aliphatic carbocycles. The molecular formula is C20H22N6O2. The zero-order valence-electron chi connectivity index (χ0n) is 15.8. The molecular weight excluding hydrogens is 356 g/mol. The Labute approximate surface area is 161 Å². The molecule has 0 aromatic carbocycles. The van der Waals surface area contributed by atoms with E-state index in [9.17, 15) is 9.59 Å². The lowest BCUT2D eigenvalue weighted by molar-refractivity contribution is 0.325. The fraction of sp³-hybridized carbons (Fsp3) is 0.450. The lowest BCUT2D eigenvalue weighted by atomic mass is 9.97. The van der Waals surface area contributed by atoms with Gasteiger partial charge < -0.3 is 4.90 Å². The number of rotatable bonds is 3. The van der Waals surface area contributed by atoms with Crippen molar-refractivity contribution in [2.45, 2.75) is 32.2 Å². The molecule has 0 N–H and O–H groups in total. The van der Waals surface area contributed by atoms with E-state index in [0.29, 0.717) is 29.4 Å². The second-order valence-corrected chi connectivity index (χ2v) is 7.77. The second kappa shape index (κ2) is 6.54. The van der Waals surface area contributed by atoms with Crippen LogP contribution < -0.4 is 16.0 Å². The first-order valence-electron chi connectivity index (χ1n) is 9.77. The number of fused-ring (bicyclic) bond motifs is 2. The van der Waals surface area contributed by atoms with Gasteiger partial charge in [0.2, 0.25) is 5.95 Å². The summed E-state index contributed by atoms with van der Waals surface area (Å²) >= 11 is 0. The highest BCUT2D eigenvalue weighted by atomic mass is 16.1. The normalized spacial score (nSPS) is 16.8. The monoisotopic (exact) mass is 378 g/mol. The molecule has 4 heterocycles. The third kappa shape index (κ3) is 2.80. The molecule has 0 saturated carbocycles. The van der Waals surface area contributed by atoms with Crippen molar-refractivity contribution in [2.75, 3.05) is 18.0 Å². The van der Waals surface area contributed by atoms with Gasteiger partial charge in [-0.15, -0.1) is 0 Å². The van der Waals surface area contributed by atoms with Crippen LogP contribution in [0, 0.1) is 5.92 Å². The van der Waals surface area contributed by atoms with Crippen LogP contribution in [0.25, 0.3) is 11.0 Å². The smallest absolute Gasteiger partial charge is 0.267 e. The molecule has 0 radical (unpaired) electrons. The van der Waals surface area contributed by atoms with E-state index in [1.54, 1.807) is 40.7 Å². The molecule has 1 aliphatic heterocycles. The van der Waals surface area contributed by atoms with E-state index in [1.165, 1.54) is 0 Å². The largest absolute Gasteiger partial charge is 0.341 e. The quantitative estimate of drug-likeness (QED) is 0.673. The molecule has 8 nitrogen and oxygen atoms in total. The highest BCUT2D eigenvalue weighted by Gasteiger charge is 2.31. The maximum Gasteiger partial charge on any atom is 0.267 e. The first-order chi connectivity index (χ1) is 13.6. The molecule has 5 rings (SSSR count). The molecule has 3 aromatic rings. The third-order valence-electron chi connectivity index (χ3n) is 5.77. The van der Waals surface area contributed by atoms with E-state index in [4.69, 9.17) is 0 Å². The summed E-state index contributed by atoms with van der Waals surface area (Å²) in [5.41, 5.74) is 2.55. The van der Waals surface area contributed by atoms with Crippen LogP contribution in [0.4, 0.5) is 5.95 Å². The van der Waals surface area contributed by atoms with Crippen molar-refractivity contribution in [3.05, 3.63) is 56.4 Å². The van der Waals surface area contributed by atoms with Crippen LogP contribution in [0.1, 0.15) is 24.1 Å². The molecule has 1 saturated heterocycles. The van der Waals surface area contributed by atoms with Gasteiger partial charge >= 0.3 is 0 Å². The predicted molar refractivity (Wildman–Crippen MR) is 106 cm³/mol. The van der Waals surface area contributed by atoms with Crippen molar-refractivity contribution >= 4 is 17.0 Å². The summed E-state index contributed by atoms with van der Waals surface area (Å²) < 4.78 is 3.18. The summed E-state index contributed by atoms with van der Waals surface area (Å²) in [7, 11) is 1.74. The van der Waals surface area contributed by atoms with Crippen LogP contribution in [0.2, 0.25) is 0 Å². The van der Waals surface area contributed by atoms with Crippen LogP contribution in [-0.4, -0.2) is 37.4 Å². The van der Waals surface area contributed by atoms with Gasteiger partial charge in [-0.2, -0.15) is 10.1 Å². The Morgan fingerprint density at radius 3 is 2.86 bits per heavy atom. The van der Waals surface area contributed by atoms with Gasteiger partial charge in [0.1, 0.15) is 0 Å². The van der Waals surface area contributed by atoms with Gasteiger partial charge in [-0.1, -0.05) is 0 Å². The Kier molecular flexibility index (Phi) is 3.99. The van der Waals surface area contributed by atoms with Crippen LogP contribution in [0.3, 0.4) is 0 Å². The molecule has 0 spiro atoms. The molecule has 0 unspecified atom stereocenters. The van der Waals surface area contributed by atoms with Gasteiger partial charge in [0, 0.05) is 38.3 Å². The number of aromatic nitrogens is 5. The fourth-order valence-electron chi connectivity index (χ4n) is 4.20. The second-order valence-electron chi connectivity index (χ2n) is 7.77. The van der Waals surface area contributed by atoms with E-state index in [-0.39, 0.29) is 11.1 Å². The Bertz CT molecular complexity index is 1180. The van der Waals surface area contributed by atoms with Crippen molar-refractivity contribution < 1.29 is 0 Å². The third-order valence-corrected chi connectivity index (χ3v) is 5.77. The fourth-order valence-corrected chi connectivity index (χ4v) is 4.20. The van der Waals surface area contributed by atoms with Crippen molar-refractivity contribution in [1.29, 1.82) is 0 Å². The van der Waals surface area contributed by atoms with Crippen molar-refractivity contribution in [1.82, 2.24) is 24.3 Å². The highest BCUT2D eigenvalue weighted by molar-refractivity contribution is 5.74. The van der Waals surface area contributed by atoms with Crippen LogP contribution >= 0.6 is 0 Å². The molecule has 144 valence electrons. The molecule has 3 aromatic heterocycles. The average Bonchev–Trinajstić information content (AvgIpc) is 2.68. The summed E-state index contributed by atoms with van der Waals surface area (Å²) in [5, 5.41) is 5.13.